The van der Waals surface area contributed by atoms with Crippen molar-refractivity contribution >= 4 is 15.9 Å². The Morgan fingerprint density at radius 1 is 1.39 bits per heavy atom. The van der Waals surface area contributed by atoms with Crippen LogP contribution in [0.2, 0.25) is 0 Å². The molecule has 0 aliphatic carbocycles. The van der Waals surface area contributed by atoms with Crippen molar-refractivity contribution in [2.75, 3.05) is 6.61 Å². The minimum Gasteiger partial charge on any atom is -0.494 e. The molecule has 0 aliphatic heterocycles. The molecular weight excluding hydrogens is 313 g/mol. The molecule has 1 aromatic rings. The molecule has 0 bridgehead atoms. The lowest BCUT2D eigenvalue weighted by atomic mass is 10.0. The van der Waals surface area contributed by atoms with Gasteiger partial charge in [0, 0.05) is 10.9 Å². The second kappa shape index (κ2) is 6.43. The van der Waals surface area contributed by atoms with Crippen molar-refractivity contribution in [3.8, 4) is 5.75 Å². The second-order valence-corrected chi connectivity index (χ2v) is 4.64. The first-order valence-electron chi connectivity index (χ1n) is 5.50. The zero-order valence-electron chi connectivity index (χ0n) is 9.80. The first-order chi connectivity index (χ1) is 8.33. The van der Waals surface area contributed by atoms with E-state index < -0.39 is 18.7 Å². The molecular formula is C12H14BrF3O2. The third-order valence-corrected chi connectivity index (χ3v) is 3.03. The zero-order chi connectivity index (χ0) is 13.8. The van der Waals surface area contributed by atoms with Crippen LogP contribution >= 0.6 is 15.9 Å². The normalized spacial score (nSPS) is 13.4. The molecule has 0 amide bonds. The summed E-state index contributed by atoms with van der Waals surface area (Å²) in [5.41, 5.74) is 0.433. The minimum absolute atomic E-state index is 0.351. The number of hydrogen-bond acceptors (Lipinski definition) is 2. The number of aliphatic hydroxyl groups excluding tert-OH is 1. The lowest BCUT2D eigenvalue weighted by Gasteiger charge is -2.15. The van der Waals surface area contributed by atoms with Crippen molar-refractivity contribution in [2.24, 2.45) is 0 Å². The van der Waals surface area contributed by atoms with Gasteiger partial charge in [0.15, 0.2) is 0 Å². The lowest BCUT2D eigenvalue weighted by Crippen LogP contribution is -2.10. The topological polar surface area (TPSA) is 29.5 Å². The van der Waals surface area contributed by atoms with E-state index in [-0.39, 0.29) is 6.42 Å². The van der Waals surface area contributed by atoms with E-state index in [0.29, 0.717) is 22.4 Å². The van der Waals surface area contributed by atoms with Crippen LogP contribution < -0.4 is 4.74 Å². The fraction of sp³-hybridized carbons (Fsp3) is 0.500. The molecule has 1 aromatic carbocycles. The van der Waals surface area contributed by atoms with Gasteiger partial charge in [0.05, 0.1) is 12.7 Å². The molecule has 102 valence electrons. The van der Waals surface area contributed by atoms with Crippen LogP contribution in [0.25, 0.3) is 0 Å². The SMILES string of the molecule is CCOc1ccc(C(O)CCC(F)(F)F)c(Br)c1. The van der Waals surface area contributed by atoms with Crippen molar-refractivity contribution in [2.45, 2.75) is 32.0 Å². The summed E-state index contributed by atoms with van der Waals surface area (Å²) >= 11 is 3.22. The van der Waals surface area contributed by atoms with Crippen LogP contribution in [0.15, 0.2) is 22.7 Å². The summed E-state index contributed by atoms with van der Waals surface area (Å²) in [5, 5.41) is 9.71. The molecule has 1 atom stereocenters. The highest BCUT2D eigenvalue weighted by molar-refractivity contribution is 9.10. The van der Waals surface area contributed by atoms with Gasteiger partial charge in [0.25, 0.3) is 0 Å². The van der Waals surface area contributed by atoms with Gasteiger partial charge in [-0.25, -0.2) is 0 Å². The Balaban J connectivity index is 2.71. The highest BCUT2D eigenvalue weighted by atomic mass is 79.9. The Bertz CT molecular complexity index is 393. The first kappa shape index (κ1) is 15.3. The molecule has 0 saturated carbocycles. The maximum Gasteiger partial charge on any atom is 0.389 e. The van der Waals surface area contributed by atoms with Gasteiger partial charge in [-0.1, -0.05) is 22.0 Å². The Hall–Kier alpha value is -0.750. The number of aliphatic hydroxyl groups is 1. The molecule has 0 aliphatic rings. The minimum atomic E-state index is -4.25. The summed E-state index contributed by atoms with van der Waals surface area (Å²) in [5.74, 6) is 0.608. The van der Waals surface area contributed by atoms with Gasteiger partial charge < -0.3 is 9.84 Å². The van der Waals surface area contributed by atoms with E-state index in [1.165, 1.54) is 0 Å². The summed E-state index contributed by atoms with van der Waals surface area (Å²) in [6.07, 6.45) is -6.75. The Labute approximate surface area is 112 Å². The summed E-state index contributed by atoms with van der Waals surface area (Å²) < 4.78 is 42.0. The molecule has 18 heavy (non-hydrogen) atoms. The van der Waals surface area contributed by atoms with Gasteiger partial charge >= 0.3 is 6.18 Å². The number of alkyl halides is 3. The van der Waals surface area contributed by atoms with E-state index >= 15 is 0 Å². The van der Waals surface area contributed by atoms with Crippen molar-refractivity contribution in [1.29, 1.82) is 0 Å². The van der Waals surface area contributed by atoms with Gasteiger partial charge in [-0.3, -0.25) is 0 Å². The van der Waals surface area contributed by atoms with Crippen LogP contribution in [-0.4, -0.2) is 17.9 Å². The predicted molar refractivity (Wildman–Crippen MR) is 65.6 cm³/mol. The summed E-state index contributed by atoms with van der Waals surface area (Å²) in [4.78, 5) is 0. The quantitative estimate of drug-likeness (QED) is 0.877. The van der Waals surface area contributed by atoms with Crippen LogP contribution in [0.4, 0.5) is 13.2 Å². The fourth-order valence-corrected chi connectivity index (χ4v) is 2.11. The maximum atomic E-state index is 12.1. The van der Waals surface area contributed by atoms with Crippen molar-refractivity contribution in [1.82, 2.24) is 0 Å². The van der Waals surface area contributed by atoms with Gasteiger partial charge in [-0.05, 0) is 31.0 Å². The average molecular weight is 327 g/mol. The van der Waals surface area contributed by atoms with Crippen LogP contribution in [0, 0.1) is 0 Å². The Morgan fingerprint density at radius 3 is 2.56 bits per heavy atom. The summed E-state index contributed by atoms with van der Waals surface area (Å²) in [7, 11) is 0. The predicted octanol–water partition coefficient (Wildman–Crippen LogP) is 4.22. The molecule has 6 heteroatoms. The third-order valence-electron chi connectivity index (χ3n) is 2.34. The molecule has 1 rings (SSSR count). The van der Waals surface area contributed by atoms with E-state index in [2.05, 4.69) is 15.9 Å². The van der Waals surface area contributed by atoms with Gasteiger partial charge in [-0.2, -0.15) is 13.2 Å². The summed E-state index contributed by atoms with van der Waals surface area (Å²) in [6, 6.07) is 4.83. The van der Waals surface area contributed by atoms with Crippen molar-refractivity contribution in [3.05, 3.63) is 28.2 Å². The highest BCUT2D eigenvalue weighted by Crippen LogP contribution is 2.32. The smallest absolute Gasteiger partial charge is 0.389 e. The van der Waals surface area contributed by atoms with Crippen molar-refractivity contribution in [3.63, 3.8) is 0 Å². The average Bonchev–Trinajstić information content (AvgIpc) is 2.25. The van der Waals surface area contributed by atoms with Gasteiger partial charge in [-0.15, -0.1) is 0 Å². The maximum absolute atomic E-state index is 12.1. The number of ether oxygens (including phenoxy) is 1. The standard InChI is InChI=1S/C12H14BrF3O2/c1-2-18-8-3-4-9(10(13)7-8)11(17)5-6-12(14,15)16/h3-4,7,11,17H,2,5-6H2,1H3. The first-order valence-corrected chi connectivity index (χ1v) is 6.30. The van der Waals surface area contributed by atoms with Crippen LogP contribution in [-0.2, 0) is 0 Å². The monoisotopic (exact) mass is 326 g/mol. The lowest BCUT2D eigenvalue weighted by molar-refractivity contribution is -0.140. The highest BCUT2D eigenvalue weighted by Gasteiger charge is 2.28. The molecule has 0 heterocycles. The van der Waals surface area contributed by atoms with E-state index in [4.69, 9.17) is 4.74 Å². The number of hydrogen-bond donors (Lipinski definition) is 1. The Morgan fingerprint density at radius 2 is 2.06 bits per heavy atom. The molecule has 0 fully saturated rings. The number of rotatable bonds is 5. The third kappa shape index (κ3) is 4.86. The fourth-order valence-electron chi connectivity index (χ4n) is 1.49. The van der Waals surface area contributed by atoms with Crippen LogP contribution in [0.1, 0.15) is 31.4 Å². The zero-order valence-corrected chi connectivity index (χ0v) is 11.4. The molecule has 1 unspecified atom stereocenters. The van der Waals surface area contributed by atoms with E-state index in [0.717, 1.165) is 0 Å². The van der Waals surface area contributed by atoms with E-state index in [1.807, 2.05) is 6.92 Å². The second-order valence-electron chi connectivity index (χ2n) is 3.79. The molecule has 0 aromatic heterocycles. The molecule has 2 nitrogen and oxygen atoms in total. The van der Waals surface area contributed by atoms with Crippen LogP contribution in [0.3, 0.4) is 0 Å². The van der Waals surface area contributed by atoms with Gasteiger partial charge in [0.1, 0.15) is 5.75 Å². The number of benzene rings is 1. The summed E-state index contributed by atoms with van der Waals surface area (Å²) in [6.45, 7) is 2.34. The van der Waals surface area contributed by atoms with E-state index in [1.54, 1.807) is 18.2 Å². The van der Waals surface area contributed by atoms with E-state index in [9.17, 15) is 18.3 Å². The largest absolute Gasteiger partial charge is 0.494 e. The van der Waals surface area contributed by atoms with Gasteiger partial charge in [0.2, 0.25) is 0 Å². The molecule has 0 saturated heterocycles. The number of halogens is 4. The molecule has 1 N–H and O–H groups in total. The Kier molecular flexibility index (Phi) is 5.47. The molecule has 0 spiro atoms. The van der Waals surface area contributed by atoms with Crippen molar-refractivity contribution < 1.29 is 23.0 Å². The van der Waals surface area contributed by atoms with Crippen LogP contribution in [0.5, 0.6) is 5.75 Å². The molecule has 0 radical (unpaired) electrons.